The minimum absolute atomic E-state index is 0.00619. The van der Waals surface area contributed by atoms with Gasteiger partial charge in [-0.05, 0) is 29.7 Å². The SMILES string of the molecule is NC(Cc1ccccc1)C(=O)N1CCN(Cc2ccc(F)cc2Cl)CC1. The third-order valence-electron chi connectivity index (χ3n) is 4.71. The molecular formula is C20H23ClFN3O. The van der Waals surface area contributed by atoms with Crippen LogP contribution in [0.4, 0.5) is 4.39 Å². The monoisotopic (exact) mass is 375 g/mol. The van der Waals surface area contributed by atoms with Crippen molar-refractivity contribution in [1.29, 1.82) is 0 Å². The number of carbonyl (C=O) groups is 1. The fourth-order valence-electron chi connectivity index (χ4n) is 3.21. The molecule has 0 radical (unpaired) electrons. The lowest BCUT2D eigenvalue weighted by Crippen LogP contribution is -2.53. The average molecular weight is 376 g/mol. The highest BCUT2D eigenvalue weighted by atomic mass is 35.5. The molecule has 1 unspecified atom stereocenters. The summed E-state index contributed by atoms with van der Waals surface area (Å²) in [5.41, 5.74) is 8.08. The van der Waals surface area contributed by atoms with Crippen LogP contribution in [0.1, 0.15) is 11.1 Å². The lowest BCUT2D eigenvalue weighted by molar-refractivity contribution is -0.134. The van der Waals surface area contributed by atoms with Crippen molar-refractivity contribution in [3.63, 3.8) is 0 Å². The Morgan fingerprint density at radius 3 is 2.46 bits per heavy atom. The predicted molar refractivity (Wildman–Crippen MR) is 101 cm³/mol. The molecule has 1 heterocycles. The molecule has 0 aliphatic carbocycles. The molecule has 2 N–H and O–H groups in total. The van der Waals surface area contributed by atoms with Gasteiger partial charge in [-0.15, -0.1) is 0 Å². The molecule has 1 saturated heterocycles. The topological polar surface area (TPSA) is 49.6 Å². The van der Waals surface area contributed by atoms with Crippen LogP contribution in [0.3, 0.4) is 0 Å². The first-order valence-corrected chi connectivity index (χ1v) is 9.15. The second-order valence-corrected chi connectivity index (χ2v) is 7.04. The minimum Gasteiger partial charge on any atom is -0.339 e. The number of hydrogen-bond donors (Lipinski definition) is 1. The van der Waals surface area contributed by atoms with Crippen molar-refractivity contribution in [2.75, 3.05) is 26.2 Å². The van der Waals surface area contributed by atoms with Crippen LogP contribution in [0.5, 0.6) is 0 Å². The van der Waals surface area contributed by atoms with E-state index >= 15 is 0 Å². The number of nitrogens with zero attached hydrogens (tertiary/aromatic N) is 2. The highest BCUT2D eigenvalue weighted by molar-refractivity contribution is 6.31. The summed E-state index contributed by atoms with van der Waals surface area (Å²) in [5.74, 6) is -0.338. The molecule has 0 saturated carbocycles. The predicted octanol–water partition coefficient (Wildman–Crippen LogP) is 2.69. The number of halogens is 2. The number of rotatable bonds is 5. The number of benzene rings is 2. The molecule has 0 spiro atoms. The van der Waals surface area contributed by atoms with Crippen molar-refractivity contribution < 1.29 is 9.18 Å². The van der Waals surface area contributed by atoms with Gasteiger partial charge < -0.3 is 10.6 Å². The zero-order valence-corrected chi connectivity index (χ0v) is 15.3. The number of piperazine rings is 1. The highest BCUT2D eigenvalue weighted by Gasteiger charge is 2.25. The molecule has 1 atom stereocenters. The van der Waals surface area contributed by atoms with Gasteiger partial charge in [0.15, 0.2) is 0 Å². The van der Waals surface area contributed by atoms with E-state index in [-0.39, 0.29) is 11.7 Å². The van der Waals surface area contributed by atoms with E-state index in [9.17, 15) is 9.18 Å². The molecule has 0 aromatic heterocycles. The third kappa shape index (κ3) is 4.81. The third-order valence-corrected chi connectivity index (χ3v) is 5.06. The summed E-state index contributed by atoms with van der Waals surface area (Å²) in [6.45, 7) is 3.42. The van der Waals surface area contributed by atoms with Gasteiger partial charge in [-0.2, -0.15) is 0 Å². The molecule has 6 heteroatoms. The van der Waals surface area contributed by atoms with E-state index in [0.717, 1.165) is 24.2 Å². The molecule has 3 rings (SSSR count). The van der Waals surface area contributed by atoms with Gasteiger partial charge in [-0.25, -0.2) is 4.39 Å². The van der Waals surface area contributed by atoms with E-state index in [4.69, 9.17) is 17.3 Å². The second kappa shape index (κ2) is 8.62. The number of hydrogen-bond acceptors (Lipinski definition) is 3. The van der Waals surface area contributed by atoms with Gasteiger partial charge in [-0.1, -0.05) is 48.0 Å². The van der Waals surface area contributed by atoms with Gasteiger partial charge in [-0.3, -0.25) is 9.69 Å². The molecule has 1 amide bonds. The van der Waals surface area contributed by atoms with Crippen LogP contribution in [0, 0.1) is 5.82 Å². The first-order chi connectivity index (χ1) is 12.5. The van der Waals surface area contributed by atoms with Crippen LogP contribution in [0.25, 0.3) is 0 Å². The van der Waals surface area contributed by atoms with Crippen LogP contribution in [-0.2, 0) is 17.8 Å². The lowest BCUT2D eigenvalue weighted by atomic mass is 10.1. The molecule has 1 fully saturated rings. The summed E-state index contributed by atoms with van der Waals surface area (Å²) in [6.07, 6.45) is 0.547. The maximum absolute atomic E-state index is 13.1. The fourth-order valence-corrected chi connectivity index (χ4v) is 3.43. The van der Waals surface area contributed by atoms with Crippen molar-refractivity contribution in [1.82, 2.24) is 9.80 Å². The molecule has 1 aliphatic rings. The Hall–Kier alpha value is -1.95. The van der Waals surface area contributed by atoms with E-state index < -0.39 is 6.04 Å². The first-order valence-electron chi connectivity index (χ1n) is 8.77. The summed E-state index contributed by atoms with van der Waals surface area (Å²) < 4.78 is 13.1. The molecule has 2 aromatic carbocycles. The van der Waals surface area contributed by atoms with Gasteiger partial charge in [0.2, 0.25) is 5.91 Å². The van der Waals surface area contributed by atoms with Gasteiger partial charge in [0.05, 0.1) is 6.04 Å². The first kappa shape index (κ1) is 18.8. The average Bonchev–Trinajstić information content (AvgIpc) is 2.65. The Morgan fingerprint density at radius 1 is 1.12 bits per heavy atom. The summed E-state index contributed by atoms with van der Waals surface area (Å²) in [6, 6.07) is 13.8. The minimum atomic E-state index is -0.518. The quantitative estimate of drug-likeness (QED) is 0.874. The smallest absolute Gasteiger partial charge is 0.239 e. The number of amides is 1. The molecule has 26 heavy (non-hydrogen) atoms. The van der Waals surface area contributed by atoms with Crippen molar-refractivity contribution in [3.05, 3.63) is 70.5 Å². The van der Waals surface area contributed by atoms with E-state index in [1.807, 2.05) is 35.2 Å². The Balaban J connectivity index is 1.50. The maximum atomic E-state index is 13.1. The van der Waals surface area contributed by atoms with E-state index in [1.54, 1.807) is 6.07 Å². The molecule has 138 valence electrons. The summed E-state index contributed by atoms with van der Waals surface area (Å²) in [5, 5.41) is 0.438. The lowest BCUT2D eigenvalue weighted by Gasteiger charge is -2.36. The maximum Gasteiger partial charge on any atom is 0.239 e. The zero-order chi connectivity index (χ0) is 18.5. The summed E-state index contributed by atoms with van der Waals surface area (Å²) in [7, 11) is 0. The van der Waals surface area contributed by atoms with Gasteiger partial charge >= 0.3 is 0 Å². The van der Waals surface area contributed by atoms with Crippen molar-refractivity contribution >= 4 is 17.5 Å². The second-order valence-electron chi connectivity index (χ2n) is 6.63. The Labute approximate surface area is 158 Å². The van der Waals surface area contributed by atoms with Crippen molar-refractivity contribution in [2.45, 2.75) is 19.0 Å². The van der Waals surface area contributed by atoms with Crippen LogP contribution in [0.2, 0.25) is 5.02 Å². The van der Waals surface area contributed by atoms with Gasteiger partial charge in [0.1, 0.15) is 5.82 Å². The summed E-state index contributed by atoms with van der Waals surface area (Å²) in [4.78, 5) is 16.6. The Kier molecular flexibility index (Phi) is 6.25. The largest absolute Gasteiger partial charge is 0.339 e. The Morgan fingerprint density at radius 2 is 1.81 bits per heavy atom. The Bertz CT molecular complexity index is 748. The van der Waals surface area contributed by atoms with Crippen LogP contribution in [0.15, 0.2) is 48.5 Å². The summed E-state index contributed by atoms with van der Waals surface area (Å²) >= 11 is 6.10. The highest BCUT2D eigenvalue weighted by Crippen LogP contribution is 2.20. The van der Waals surface area contributed by atoms with Crippen molar-refractivity contribution in [2.24, 2.45) is 5.73 Å². The van der Waals surface area contributed by atoms with Crippen LogP contribution < -0.4 is 5.73 Å². The number of nitrogens with two attached hydrogens (primary N) is 1. The van der Waals surface area contributed by atoms with Crippen molar-refractivity contribution in [3.8, 4) is 0 Å². The molecular weight excluding hydrogens is 353 g/mol. The number of carbonyl (C=O) groups excluding carboxylic acids is 1. The normalized spacial score (nSPS) is 16.5. The van der Waals surface area contributed by atoms with E-state index in [1.165, 1.54) is 12.1 Å². The van der Waals surface area contributed by atoms with Crippen LogP contribution >= 0.6 is 11.6 Å². The molecule has 2 aromatic rings. The molecule has 0 bridgehead atoms. The molecule has 4 nitrogen and oxygen atoms in total. The fraction of sp³-hybridized carbons (Fsp3) is 0.350. The zero-order valence-electron chi connectivity index (χ0n) is 14.6. The van der Waals surface area contributed by atoms with Gasteiger partial charge in [0.25, 0.3) is 0 Å². The van der Waals surface area contributed by atoms with E-state index in [0.29, 0.717) is 31.1 Å². The van der Waals surface area contributed by atoms with E-state index in [2.05, 4.69) is 4.90 Å². The molecule has 1 aliphatic heterocycles. The van der Waals surface area contributed by atoms with Gasteiger partial charge in [0, 0.05) is 37.7 Å². The standard InChI is InChI=1S/C20H23ClFN3O/c21-18-13-17(22)7-6-16(18)14-24-8-10-25(11-9-24)20(26)19(23)12-15-4-2-1-3-5-15/h1-7,13,19H,8-12,14,23H2. The van der Waals surface area contributed by atoms with Crippen LogP contribution in [-0.4, -0.2) is 47.9 Å².